The van der Waals surface area contributed by atoms with E-state index >= 15 is 0 Å². The number of hydrogen-bond donors (Lipinski definition) is 0. The molecule has 15 heavy (non-hydrogen) atoms. The van der Waals surface area contributed by atoms with Crippen molar-refractivity contribution in [2.24, 2.45) is 0 Å². The fourth-order valence-corrected chi connectivity index (χ4v) is 2.66. The fourth-order valence-electron chi connectivity index (χ4n) is 2.66. The van der Waals surface area contributed by atoms with E-state index in [4.69, 9.17) is 0 Å². The van der Waals surface area contributed by atoms with E-state index in [1.807, 2.05) is 0 Å². The normalized spacial score (nSPS) is 32.8. The van der Waals surface area contributed by atoms with Crippen LogP contribution in [0.25, 0.3) is 0 Å². The van der Waals surface area contributed by atoms with Gasteiger partial charge in [-0.1, -0.05) is 0 Å². The van der Waals surface area contributed by atoms with Gasteiger partial charge in [0.1, 0.15) is 0 Å². The summed E-state index contributed by atoms with van der Waals surface area (Å²) in [5.41, 5.74) is 0. The molecule has 0 N–H and O–H groups in total. The first-order chi connectivity index (χ1) is 7.27. The number of piperidine rings is 1. The van der Waals surface area contributed by atoms with Crippen molar-refractivity contribution in [3.8, 4) is 0 Å². The van der Waals surface area contributed by atoms with E-state index in [9.17, 15) is 0 Å². The van der Waals surface area contributed by atoms with Crippen molar-refractivity contribution in [1.82, 2.24) is 15.1 Å². The molecule has 1 radical (unpaired) electrons. The van der Waals surface area contributed by atoms with Gasteiger partial charge in [0.05, 0.1) is 0 Å². The van der Waals surface area contributed by atoms with Crippen molar-refractivity contribution in [1.29, 1.82) is 0 Å². The molecule has 2 rings (SSSR count). The Morgan fingerprint density at radius 1 is 1.00 bits per heavy atom. The van der Waals surface area contributed by atoms with Crippen LogP contribution in [0.5, 0.6) is 0 Å². The molecule has 0 bridgehead atoms. The SMILES string of the molecule is CC1CCN(C2CC[N]CC2)CCN1C. The Labute approximate surface area is 93.8 Å². The topological polar surface area (TPSA) is 20.6 Å². The molecule has 0 amide bonds. The Morgan fingerprint density at radius 3 is 2.47 bits per heavy atom. The first kappa shape index (κ1) is 11.4. The molecule has 0 aromatic rings. The summed E-state index contributed by atoms with van der Waals surface area (Å²) in [5, 5.41) is 4.44. The summed E-state index contributed by atoms with van der Waals surface area (Å²) in [6, 6.07) is 1.57. The molecule has 3 nitrogen and oxygen atoms in total. The molecule has 3 heteroatoms. The van der Waals surface area contributed by atoms with Gasteiger partial charge in [-0.15, -0.1) is 0 Å². The number of nitrogens with zero attached hydrogens (tertiary/aromatic N) is 3. The zero-order valence-corrected chi connectivity index (χ0v) is 10.2. The third kappa shape index (κ3) is 2.92. The minimum Gasteiger partial charge on any atom is -0.302 e. The van der Waals surface area contributed by atoms with E-state index < -0.39 is 0 Å². The Morgan fingerprint density at radius 2 is 1.73 bits per heavy atom. The number of likely N-dealkylation sites (N-methyl/N-ethyl adjacent to an activating group) is 1. The van der Waals surface area contributed by atoms with Crippen molar-refractivity contribution in [3.63, 3.8) is 0 Å². The third-order valence-electron chi connectivity index (χ3n) is 4.08. The maximum atomic E-state index is 4.44. The van der Waals surface area contributed by atoms with Crippen molar-refractivity contribution in [3.05, 3.63) is 0 Å². The van der Waals surface area contributed by atoms with Crippen LogP contribution >= 0.6 is 0 Å². The molecule has 87 valence electrons. The van der Waals surface area contributed by atoms with Gasteiger partial charge in [0, 0.05) is 38.3 Å². The summed E-state index contributed by atoms with van der Waals surface area (Å²) in [6.07, 6.45) is 3.90. The zero-order chi connectivity index (χ0) is 10.7. The highest BCUT2D eigenvalue weighted by molar-refractivity contribution is 4.81. The molecule has 2 aliphatic rings. The Hall–Kier alpha value is -0.120. The van der Waals surface area contributed by atoms with Crippen LogP contribution in [0.3, 0.4) is 0 Å². The predicted octanol–water partition coefficient (Wildman–Crippen LogP) is 0.779. The minimum atomic E-state index is 0.753. The zero-order valence-electron chi connectivity index (χ0n) is 10.2. The second kappa shape index (κ2) is 5.28. The fraction of sp³-hybridized carbons (Fsp3) is 1.00. The van der Waals surface area contributed by atoms with Crippen molar-refractivity contribution in [2.45, 2.75) is 38.3 Å². The van der Waals surface area contributed by atoms with Crippen LogP contribution in [0.4, 0.5) is 0 Å². The molecule has 2 saturated heterocycles. The van der Waals surface area contributed by atoms with Gasteiger partial charge in [0.15, 0.2) is 0 Å². The van der Waals surface area contributed by atoms with E-state index in [1.165, 1.54) is 38.9 Å². The molecule has 0 saturated carbocycles. The maximum absolute atomic E-state index is 4.44. The highest BCUT2D eigenvalue weighted by atomic mass is 15.2. The smallest absolute Gasteiger partial charge is 0.0148 e. The van der Waals surface area contributed by atoms with Crippen LogP contribution in [0.1, 0.15) is 26.2 Å². The quantitative estimate of drug-likeness (QED) is 0.637. The van der Waals surface area contributed by atoms with Crippen LogP contribution in [-0.2, 0) is 0 Å². The van der Waals surface area contributed by atoms with Gasteiger partial charge >= 0.3 is 0 Å². The maximum Gasteiger partial charge on any atom is 0.0148 e. The minimum absolute atomic E-state index is 0.753. The van der Waals surface area contributed by atoms with Gasteiger partial charge in [0.2, 0.25) is 0 Å². The Bertz CT molecular complexity index is 177. The molecular formula is C12H24N3. The average molecular weight is 210 g/mol. The molecule has 1 unspecified atom stereocenters. The Balaban J connectivity index is 1.86. The highest BCUT2D eigenvalue weighted by Gasteiger charge is 2.24. The molecule has 0 aliphatic carbocycles. The summed E-state index contributed by atoms with van der Waals surface area (Å²) in [6.45, 7) is 8.30. The van der Waals surface area contributed by atoms with Crippen LogP contribution in [0, 0.1) is 0 Å². The lowest BCUT2D eigenvalue weighted by molar-refractivity contribution is 0.166. The summed E-state index contributed by atoms with van der Waals surface area (Å²) in [5.74, 6) is 0. The summed E-state index contributed by atoms with van der Waals surface area (Å²) < 4.78 is 0. The number of hydrogen-bond acceptors (Lipinski definition) is 2. The third-order valence-corrected chi connectivity index (χ3v) is 4.08. The molecule has 2 heterocycles. The second-order valence-corrected chi connectivity index (χ2v) is 5.06. The van der Waals surface area contributed by atoms with E-state index in [-0.39, 0.29) is 0 Å². The van der Waals surface area contributed by atoms with Crippen molar-refractivity contribution >= 4 is 0 Å². The molecule has 2 fully saturated rings. The van der Waals surface area contributed by atoms with Crippen molar-refractivity contribution in [2.75, 3.05) is 39.8 Å². The molecule has 2 aliphatic heterocycles. The van der Waals surface area contributed by atoms with Gasteiger partial charge < -0.3 is 4.90 Å². The van der Waals surface area contributed by atoms with Crippen LogP contribution < -0.4 is 5.32 Å². The predicted molar refractivity (Wildman–Crippen MR) is 63.2 cm³/mol. The first-order valence-corrected chi connectivity index (χ1v) is 6.35. The van der Waals surface area contributed by atoms with Crippen LogP contribution in [0.2, 0.25) is 0 Å². The van der Waals surface area contributed by atoms with Gasteiger partial charge in [0.25, 0.3) is 0 Å². The van der Waals surface area contributed by atoms with E-state index in [2.05, 4.69) is 29.1 Å². The number of rotatable bonds is 1. The van der Waals surface area contributed by atoms with E-state index in [0.29, 0.717) is 0 Å². The van der Waals surface area contributed by atoms with Gasteiger partial charge in [-0.25, -0.2) is 5.32 Å². The summed E-state index contributed by atoms with van der Waals surface area (Å²) in [4.78, 5) is 5.20. The van der Waals surface area contributed by atoms with Gasteiger partial charge in [-0.3, -0.25) is 4.90 Å². The van der Waals surface area contributed by atoms with Crippen LogP contribution in [0.15, 0.2) is 0 Å². The molecule has 1 atom stereocenters. The first-order valence-electron chi connectivity index (χ1n) is 6.35. The average Bonchev–Trinajstić information content (AvgIpc) is 2.44. The van der Waals surface area contributed by atoms with Crippen LogP contribution in [-0.4, -0.2) is 61.7 Å². The lowest BCUT2D eigenvalue weighted by Gasteiger charge is -2.33. The monoisotopic (exact) mass is 210 g/mol. The molecule has 0 aromatic carbocycles. The van der Waals surface area contributed by atoms with Crippen molar-refractivity contribution < 1.29 is 0 Å². The lowest BCUT2D eigenvalue weighted by Crippen LogP contribution is -2.42. The summed E-state index contributed by atoms with van der Waals surface area (Å²) in [7, 11) is 2.25. The highest BCUT2D eigenvalue weighted by Crippen LogP contribution is 2.16. The molecular weight excluding hydrogens is 186 g/mol. The van der Waals surface area contributed by atoms with E-state index in [0.717, 1.165) is 25.2 Å². The molecule has 0 spiro atoms. The largest absolute Gasteiger partial charge is 0.302 e. The van der Waals surface area contributed by atoms with Gasteiger partial charge in [-0.2, -0.15) is 0 Å². The molecule has 0 aromatic heterocycles. The standard InChI is InChI=1S/C12H24N3/c1-11-5-8-15(10-9-14(11)2)12-3-6-13-7-4-12/h11-12H,3-10H2,1-2H3. The second-order valence-electron chi connectivity index (χ2n) is 5.06. The Kier molecular flexibility index (Phi) is 4.00. The summed E-state index contributed by atoms with van der Waals surface area (Å²) >= 11 is 0. The lowest BCUT2D eigenvalue weighted by atomic mass is 10.0. The van der Waals surface area contributed by atoms with Gasteiger partial charge in [-0.05, 0) is 39.8 Å². The van der Waals surface area contributed by atoms with E-state index in [1.54, 1.807) is 0 Å².